The molecule has 7 nitrogen and oxygen atoms in total. The predicted octanol–water partition coefficient (Wildman–Crippen LogP) is 9.96. The summed E-state index contributed by atoms with van der Waals surface area (Å²) in [5.74, 6) is -0.0216. The van der Waals surface area contributed by atoms with Crippen molar-refractivity contribution in [1.29, 1.82) is 0 Å². The lowest BCUT2D eigenvalue weighted by Crippen LogP contribution is -2.47. The van der Waals surface area contributed by atoms with Crippen LogP contribution >= 0.6 is 23.2 Å². The molecule has 274 valence electrons. The predicted molar refractivity (Wildman–Crippen MR) is 190 cm³/mol. The van der Waals surface area contributed by atoms with Crippen molar-refractivity contribution in [3.63, 3.8) is 0 Å². The van der Waals surface area contributed by atoms with E-state index in [1.807, 2.05) is 60.7 Å². The summed E-state index contributed by atoms with van der Waals surface area (Å²) in [7, 11) is 0. The molecular weight excluding hydrogens is 745 g/mol. The Hall–Kier alpha value is -5.08. The van der Waals surface area contributed by atoms with E-state index in [0.29, 0.717) is 26.8 Å². The molecule has 2 atom stereocenters. The van der Waals surface area contributed by atoms with Crippen molar-refractivity contribution < 1.29 is 41.3 Å². The first kappa shape index (κ1) is 37.7. The molecule has 0 radical (unpaired) electrons. The highest BCUT2D eigenvalue weighted by Gasteiger charge is 2.56. The molecule has 53 heavy (non-hydrogen) atoms. The molecular formula is C38H28Cl2F6N4O3. The fourth-order valence-electron chi connectivity index (χ4n) is 5.44. The first-order valence-corrected chi connectivity index (χ1v) is 16.5. The second-order valence-electron chi connectivity index (χ2n) is 12.1. The molecule has 2 unspecified atom stereocenters. The van der Waals surface area contributed by atoms with Gasteiger partial charge in [0.1, 0.15) is 12.4 Å². The normalized spacial score (nSPS) is 14.3. The average Bonchev–Trinajstić information content (AvgIpc) is 3.75. The van der Waals surface area contributed by atoms with Crippen LogP contribution in [0.25, 0.3) is 33.2 Å². The molecule has 0 amide bonds. The quantitative estimate of drug-likeness (QED) is 0.158. The molecule has 7 rings (SSSR count). The summed E-state index contributed by atoms with van der Waals surface area (Å²) in [4.78, 5) is 0. The van der Waals surface area contributed by atoms with Crippen LogP contribution < -0.4 is 4.74 Å². The van der Waals surface area contributed by atoms with Gasteiger partial charge in [0.15, 0.2) is 5.60 Å². The molecule has 0 saturated heterocycles. The maximum absolute atomic E-state index is 13.9. The van der Waals surface area contributed by atoms with E-state index >= 15 is 0 Å². The van der Waals surface area contributed by atoms with Gasteiger partial charge in [-0.2, -0.15) is 36.5 Å². The van der Waals surface area contributed by atoms with Gasteiger partial charge in [-0.25, -0.2) is 9.36 Å². The summed E-state index contributed by atoms with van der Waals surface area (Å²) in [5.41, 5.74) is -3.89. The van der Waals surface area contributed by atoms with E-state index in [2.05, 4.69) is 10.2 Å². The molecule has 15 heteroatoms. The SMILES string of the molecule is CC(O)(c1ccc2c(cnn2-c2ccccc2)c1)C(F)(F)F.OC(COc1ccc(Cl)cc1Cl)(c1ccc2c(cnn2-c2ccccc2)c1)C(F)(F)F. The number of alkyl halides is 6. The molecule has 2 aromatic heterocycles. The van der Waals surface area contributed by atoms with Gasteiger partial charge in [-0.1, -0.05) is 71.7 Å². The second-order valence-corrected chi connectivity index (χ2v) is 13.0. The zero-order valence-electron chi connectivity index (χ0n) is 27.4. The third-order valence-corrected chi connectivity index (χ3v) is 9.06. The van der Waals surface area contributed by atoms with Crippen LogP contribution in [0, 0.1) is 0 Å². The number of ether oxygens (including phenoxy) is 1. The van der Waals surface area contributed by atoms with Gasteiger partial charge in [-0.05, 0) is 84.8 Å². The summed E-state index contributed by atoms with van der Waals surface area (Å²) >= 11 is 11.8. The van der Waals surface area contributed by atoms with Crippen LogP contribution in [0.3, 0.4) is 0 Å². The van der Waals surface area contributed by atoms with Gasteiger partial charge in [0.2, 0.25) is 5.60 Å². The van der Waals surface area contributed by atoms with Crippen molar-refractivity contribution in [3.05, 3.63) is 149 Å². The van der Waals surface area contributed by atoms with Gasteiger partial charge in [-0.3, -0.25) is 0 Å². The zero-order chi connectivity index (χ0) is 38.2. The first-order valence-electron chi connectivity index (χ1n) is 15.7. The van der Waals surface area contributed by atoms with Crippen LogP contribution in [-0.4, -0.2) is 48.7 Å². The Morgan fingerprint density at radius 3 is 1.58 bits per heavy atom. The van der Waals surface area contributed by atoms with Gasteiger partial charge in [0.25, 0.3) is 0 Å². The van der Waals surface area contributed by atoms with Crippen molar-refractivity contribution in [3.8, 4) is 17.1 Å². The topological polar surface area (TPSA) is 85.3 Å². The second kappa shape index (κ2) is 14.4. The smallest absolute Gasteiger partial charge is 0.424 e. The maximum Gasteiger partial charge on any atom is 0.424 e. The van der Waals surface area contributed by atoms with E-state index in [9.17, 15) is 36.6 Å². The number of nitrogens with zero attached hydrogens (tertiary/aromatic N) is 4. The van der Waals surface area contributed by atoms with E-state index in [-0.39, 0.29) is 21.9 Å². The zero-order valence-corrected chi connectivity index (χ0v) is 29.0. The summed E-state index contributed by atoms with van der Waals surface area (Å²) in [5, 5.41) is 30.2. The molecule has 0 bridgehead atoms. The van der Waals surface area contributed by atoms with Crippen molar-refractivity contribution in [2.75, 3.05) is 6.61 Å². The lowest BCUT2D eigenvalue weighted by atomic mass is 9.93. The molecule has 2 heterocycles. The number of aromatic nitrogens is 4. The van der Waals surface area contributed by atoms with Crippen LogP contribution in [0.2, 0.25) is 10.0 Å². The van der Waals surface area contributed by atoms with Crippen molar-refractivity contribution >= 4 is 45.0 Å². The van der Waals surface area contributed by atoms with Crippen LogP contribution in [0.1, 0.15) is 18.1 Å². The van der Waals surface area contributed by atoms with Gasteiger partial charge in [0, 0.05) is 15.8 Å². The monoisotopic (exact) mass is 772 g/mol. The third kappa shape index (κ3) is 7.56. The largest absolute Gasteiger partial charge is 0.488 e. The molecule has 0 aliphatic rings. The van der Waals surface area contributed by atoms with E-state index < -0.39 is 30.2 Å². The number of hydrogen-bond donors (Lipinski definition) is 2. The average molecular weight is 774 g/mol. The molecule has 0 aliphatic carbocycles. The van der Waals surface area contributed by atoms with E-state index in [4.69, 9.17) is 27.9 Å². The number of halogens is 8. The highest BCUT2D eigenvalue weighted by Crippen LogP contribution is 2.42. The fourth-order valence-corrected chi connectivity index (χ4v) is 5.91. The third-order valence-electron chi connectivity index (χ3n) is 8.53. The van der Waals surface area contributed by atoms with E-state index in [1.165, 1.54) is 67.0 Å². The first-order chi connectivity index (χ1) is 25.0. The van der Waals surface area contributed by atoms with Crippen molar-refractivity contribution in [2.24, 2.45) is 0 Å². The molecule has 5 aromatic carbocycles. The number of rotatable bonds is 7. The highest BCUT2D eigenvalue weighted by atomic mass is 35.5. The number of benzene rings is 5. The summed E-state index contributed by atoms with van der Waals surface area (Å²) < 4.78 is 89.0. The molecule has 0 saturated carbocycles. The van der Waals surface area contributed by atoms with Gasteiger partial charge >= 0.3 is 12.4 Å². The Morgan fingerprint density at radius 1 is 0.623 bits per heavy atom. The Kier molecular flexibility index (Phi) is 10.2. The van der Waals surface area contributed by atoms with E-state index in [1.54, 1.807) is 9.36 Å². The van der Waals surface area contributed by atoms with Crippen LogP contribution in [-0.2, 0) is 11.2 Å². The van der Waals surface area contributed by atoms with Crippen molar-refractivity contribution in [1.82, 2.24) is 19.6 Å². The molecule has 0 aliphatic heterocycles. The van der Waals surface area contributed by atoms with Crippen molar-refractivity contribution in [2.45, 2.75) is 30.5 Å². The minimum absolute atomic E-state index is 0.0216. The lowest BCUT2D eigenvalue weighted by molar-refractivity contribution is -0.275. The Bertz CT molecular complexity index is 2360. The summed E-state index contributed by atoms with van der Waals surface area (Å²) in [6.45, 7) is -0.341. The standard InChI is InChI=1S/C22H15Cl2F3N2O2.C16H13F3N2O/c23-16-7-9-20(18(24)11-16)31-13-21(30,22(25,26)27)15-6-8-19-14(10-15)12-28-29(19)17-4-2-1-3-5-17;1-15(22,16(17,18)19)12-7-8-14-11(9-12)10-20-21(14)13-5-3-2-4-6-13/h1-12,30H,13H2;2-10,22H,1H3. The van der Waals surface area contributed by atoms with Crippen LogP contribution in [0.4, 0.5) is 26.3 Å². The number of fused-ring (bicyclic) bond motifs is 2. The Balaban J connectivity index is 0.000000192. The number of hydrogen-bond acceptors (Lipinski definition) is 5. The molecule has 2 N–H and O–H groups in total. The minimum Gasteiger partial charge on any atom is -0.488 e. The molecule has 0 fully saturated rings. The fraction of sp³-hybridized carbons (Fsp3) is 0.158. The minimum atomic E-state index is -5.00. The highest BCUT2D eigenvalue weighted by molar-refractivity contribution is 6.35. The molecule has 0 spiro atoms. The van der Waals surface area contributed by atoms with Gasteiger partial charge < -0.3 is 14.9 Å². The number of aliphatic hydroxyl groups is 2. The van der Waals surface area contributed by atoms with Gasteiger partial charge in [-0.15, -0.1) is 0 Å². The maximum atomic E-state index is 13.9. The Morgan fingerprint density at radius 2 is 1.11 bits per heavy atom. The van der Waals surface area contributed by atoms with Gasteiger partial charge in [0.05, 0.1) is 39.8 Å². The lowest BCUT2D eigenvalue weighted by Gasteiger charge is -2.31. The Labute approximate surface area is 308 Å². The van der Waals surface area contributed by atoms with Crippen LogP contribution in [0.5, 0.6) is 5.75 Å². The van der Waals surface area contributed by atoms with Crippen LogP contribution in [0.15, 0.2) is 128 Å². The molecule has 7 aromatic rings. The summed E-state index contributed by atoms with van der Waals surface area (Å²) in [6.07, 6.45) is -6.82. The van der Waals surface area contributed by atoms with E-state index in [0.717, 1.165) is 18.3 Å². The summed E-state index contributed by atoms with van der Waals surface area (Å²) in [6, 6.07) is 30.6. The number of para-hydroxylation sites is 2.